The van der Waals surface area contributed by atoms with Crippen LogP contribution in [0.25, 0.3) is 0 Å². The number of hydrogen-bond acceptors (Lipinski definition) is 5. The Kier molecular flexibility index (Phi) is 2.00. The standard InChI is InChI=1S/C6H10N4O2S2/c1-6(2-3-14(11,12)4-6)10-5(13)7-8-9-10/h2-4H2,1H3,(H,7,9,13). The monoisotopic (exact) mass is 234 g/mol. The molecule has 14 heavy (non-hydrogen) atoms. The zero-order valence-corrected chi connectivity index (χ0v) is 9.23. The van der Waals surface area contributed by atoms with Crippen LogP contribution in [-0.2, 0) is 15.4 Å². The second-order valence-corrected chi connectivity index (χ2v) is 6.31. The van der Waals surface area contributed by atoms with Crippen LogP contribution in [0.15, 0.2) is 0 Å². The minimum Gasteiger partial charge on any atom is -0.235 e. The number of aromatic nitrogens is 4. The molecule has 1 N–H and O–H groups in total. The number of nitrogens with zero attached hydrogens (tertiary/aromatic N) is 3. The zero-order chi connectivity index (χ0) is 10.4. The third kappa shape index (κ3) is 1.48. The molecule has 2 rings (SSSR count). The number of nitrogens with one attached hydrogen (secondary N) is 1. The van der Waals surface area contributed by atoms with E-state index in [0.29, 0.717) is 11.2 Å². The highest BCUT2D eigenvalue weighted by molar-refractivity contribution is 7.91. The summed E-state index contributed by atoms with van der Waals surface area (Å²) < 4.78 is 24.5. The summed E-state index contributed by atoms with van der Waals surface area (Å²) in [5.41, 5.74) is -0.514. The van der Waals surface area contributed by atoms with Gasteiger partial charge in [0.15, 0.2) is 9.84 Å². The maximum Gasteiger partial charge on any atom is 0.238 e. The Bertz CT molecular complexity index is 502. The van der Waals surface area contributed by atoms with Crippen molar-refractivity contribution in [2.24, 2.45) is 0 Å². The zero-order valence-electron chi connectivity index (χ0n) is 7.60. The van der Waals surface area contributed by atoms with Crippen molar-refractivity contribution in [3.63, 3.8) is 0 Å². The average Bonchev–Trinajstić information content (AvgIpc) is 2.57. The number of sulfone groups is 1. The smallest absolute Gasteiger partial charge is 0.235 e. The van der Waals surface area contributed by atoms with Gasteiger partial charge in [-0.2, -0.15) is 5.21 Å². The van der Waals surface area contributed by atoms with E-state index < -0.39 is 15.4 Å². The fourth-order valence-electron chi connectivity index (χ4n) is 1.72. The second-order valence-electron chi connectivity index (χ2n) is 3.76. The van der Waals surface area contributed by atoms with E-state index in [-0.39, 0.29) is 11.5 Å². The fourth-order valence-corrected chi connectivity index (χ4v) is 4.14. The first kappa shape index (κ1) is 9.78. The average molecular weight is 234 g/mol. The quantitative estimate of drug-likeness (QED) is 0.685. The molecule has 1 fully saturated rings. The van der Waals surface area contributed by atoms with Crippen molar-refractivity contribution in [1.82, 2.24) is 20.2 Å². The number of tetrazole rings is 1. The molecule has 0 spiro atoms. The summed E-state index contributed by atoms with van der Waals surface area (Å²) in [5.74, 6) is 0.294. The van der Waals surface area contributed by atoms with Gasteiger partial charge >= 0.3 is 0 Å². The Balaban J connectivity index is 2.46. The van der Waals surface area contributed by atoms with E-state index in [2.05, 4.69) is 15.5 Å². The van der Waals surface area contributed by atoms with Crippen molar-refractivity contribution >= 4 is 22.1 Å². The Morgan fingerprint density at radius 1 is 1.64 bits per heavy atom. The first-order chi connectivity index (χ1) is 6.43. The van der Waals surface area contributed by atoms with Crippen LogP contribution < -0.4 is 0 Å². The van der Waals surface area contributed by atoms with E-state index >= 15 is 0 Å². The van der Waals surface area contributed by atoms with Gasteiger partial charge in [-0.1, -0.05) is 10.3 Å². The molecule has 1 aliphatic heterocycles. The summed E-state index contributed by atoms with van der Waals surface area (Å²) in [6, 6.07) is 0. The Labute approximate surface area is 86.2 Å². The lowest BCUT2D eigenvalue weighted by atomic mass is 10.0. The topological polar surface area (TPSA) is 80.6 Å². The van der Waals surface area contributed by atoms with Crippen LogP contribution in [0.5, 0.6) is 0 Å². The SMILES string of the molecule is CC1(n2[nH]nnc2=S)CCS(=O)(=O)C1. The maximum atomic E-state index is 11.4. The van der Waals surface area contributed by atoms with Gasteiger partial charge in [0.1, 0.15) is 0 Å². The van der Waals surface area contributed by atoms with Crippen molar-refractivity contribution in [1.29, 1.82) is 0 Å². The Morgan fingerprint density at radius 3 is 2.79 bits per heavy atom. The van der Waals surface area contributed by atoms with Gasteiger partial charge in [-0.3, -0.25) is 0 Å². The highest BCUT2D eigenvalue weighted by Crippen LogP contribution is 2.29. The molecule has 0 aliphatic carbocycles. The predicted octanol–water partition coefficient (Wildman–Crippen LogP) is -0.131. The van der Waals surface area contributed by atoms with Crippen molar-refractivity contribution in [2.75, 3.05) is 11.5 Å². The van der Waals surface area contributed by atoms with Crippen molar-refractivity contribution in [3.8, 4) is 0 Å². The van der Waals surface area contributed by atoms with Crippen LogP contribution in [-0.4, -0.2) is 40.1 Å². The van der Waals surface area contributed by atoms with E-state index in [0.717, 1.165) is 0 Å². The summed E-state index contributed by atoms with van der Waals surface area (Å²) in [6.45, 7) is 1.84. The van der Waals surface area contributed by atoms with E-state index in [4.69, 9.17) is 12.2 Å². The summed E-state index contributed by atoms with van der Waals surface area (Å²) in [7, 11) is -2.94. The van der Waals surface area contributed by atoms with Gasteiger partial charge in [0, 0.05) is 0 Å². The highest BCUT2D eigenvalue weighted by atomic mass is 32.2. The largest absolute Gasteiger partial charge is 0.238 e. The first-order valence-electron chi connectivity index (χ1n) is 4.14. The van der Waals surface area contributed by atoms with Crippen LogP contribution in [0.4, 0.5) is 0 Å². The van der Waals surface area contributed by atoms with Crippen LogP contribution in [0.3, 0.4) is 0 Å². The third-order valence-electron chi connectivity index (χ3n) is 2.49. The molecule has 0 bridgehead atoms. The molecule has 1 aromatic rings. The summed E-state index contributed by atoms with van der Waals surface area (Å²) in [5, 5.41) is 9.79. The Hall–Kier alpha value is -0.760. The first-order valence-corrected chi connectivity index (χ1v) is 6.37. The van der Waals surface area contributed by atoms with Gasteiger partial charge in [0.05, 0.1) is 17.0 Å². The Morgan fingerprint density at radius 2 is 2.36 bits per heavy atom. The third-order valence-corrected chi connectivity index (χ3v) is 4.65. The van der Waals surface area contributed by atoms with Gasteiger partial charge in [-0.15, -0.1) is 0 Å². The molecule has 0 aromatic carbocycles. The van der Waals surface area contributed by atoms with Crippen LogP contribution in [0, 0.1) is 4.77 Å². The molecule has 6 nitrogen and oxygen atoms in total. The maximum absolute atomic E-state index is 11.4. The number of hydrogen-bond donors (Lipinski definition) is 1. The molecule has 8 heteroatoms. The number of aromatic amines is 1. The molecule has 0 radical (unpaired) electrons. The molecule has 1 atom stereocenters. The van der Waals surface area contributed by atoms with Gasteiger partial charge < -0.3 is 0 Å². The van der Waals surface area contributed by atoms with Crippen LogP contribution >= 0.6 is 12.2 Å². The van der Waals surface area contributed by atoms with E-state index in [1.807, 2.05) is 6.92 Å². The predicted molar refractivity (Wildman–Crippen MR) is 52.1 cm³/mol. The molecule has 1 saturated heterocycles. The number of H-pyrrole nitrogens is 1. The summed E-state index contributed by atoms with van der Waals surface area (Å²) in [4.78, 5) is 0. The van der Waals surface area contributed by atoms with Gasteiger partial charge in [0.25, 0.3) is 0 Å². The van der Waals surface area contributed by atoms with Gasteiger partial charge in [0.2, 0.25) is 4.77 Å². The lowest BCUT2D eigenvalue weighted by molar-refractivity contribution is 0.317. The molecular formula is C6H10N4O2S2. The van der Waals surface area contributed by atoms with E-state index in [1.54, 1.807) is 4.68 Å². The van der Waals surface area contributed by atoms with Crippen molar-refractivity contribution in [2.45, 2.75) is 18.9 Å². The minimum absolute atomic E-state index is 0.0954. The van der Waals surface area contributed by atoms with Gasteiger partial charge in [-0.05, 0) is 25.6 Å². The van der Waals surface area contributed by atoms with E-state index in [1.165, 1.54) is 0 Å². The normalized spacial score (nSPS) is 30.6. The highest BCUT2D eigenvalue weighted by Gasteiger charge is 2.41. The molecule has 1 unspecified atom stereocenters. The summed E-state index contributed by atoms with van der Waals surface area (Å²) in [6.07, 6.45) is 0.549. The fraction of sp³-hybridized carbons (Fsp3) is 0.833. The summed E-state index contributed by atoms with van der Waals surface area (Å²) >= 11 is 4.93. The minimum atomic E-state index is -2.94. The molecule has 78 valence electrons. The molecule has 0 saturated carbocycles. The second kappa shape index (κ2) is 2.86. The lowest BCUT2D eigenvalue weighted by Crippen LogP contribution is -2.32. The van der Waals surface area contributed by atoms with Crippen LogP contribution in [0.2, 0.25) is 0 Å². The van der Waals surface area contributed by atoms with Crippen LogP contribution in [0.1, 0.15) is 13.3 Å². The molecule has 1 aliphatic rings. The lowest BCUT2D eigenvalue weighted by Gasteiger charge is -2.21. The molecular weight excluding hydrogens is 224 g/mol. The van der Waals surface area contributed by atoms with E-state index in [9.17, 15) is 8.42 Å². The van der Waals surface area contributed by atoms with Crippen molar-refractivity contribution < 1.29 is 8.42 Å². The van der Waals surface area contributed by atoms with Crippen molar-refractivity contribution in [3.05, 3.63) is 4.77 Å². The van der Waals surface area contributed by atoms with Gasteiger partial charge in [-0.25, -0.2) is 13.1 Å². The molecule has 1 aromatic heterocycles. The molecule has 0 amide bonds. The number of rotatable bonds is 1. The molecule has 2 heterocycles.